The molecular weight excluding hydrogens is 254 g/mol. The zero-order valence-corrected chi connectivity index (χ0v) is 11.6. The fraction of sp³-hybridized carbons (Fsp3) is 0.333. The molecule has 0 atom stereocenters. The van der Waals surface area contributed by atoms with Crippen LogP contribution in [0.5, 0.6) is 11.5 Å². The molecule has 0 saturated heterocycles. The molecule has 5 heteroatoms. The van der Waals surface area contributed by atoms with Crippen molar-refractivity contribution in [3.8, 4) is 22.9 Å². The van der Waals surface area contributed by atoms with E-state index in [1.54, 1.807) is 0 Å². The van der Waals surface area contributed by atoms with Crippen LogP contribution in [0.25, 0.3) is 11.4 Å². The van der Waals surface area contributed by atoms with Gasteiger partial charge in [0, 0.05) is 24.4 Å². The number of aryl methyl sites for hydroxylation is 1. The fourth-order valence-corrected chi connectivity index (χ4v) is 2.12. The Balaban J connectivity index is 2.03. The summed E-state index contributed by atoms with van der Waals surface area (Å²) in [5.74, 6) is 3.05. The van der Waals surface area contributed by atoms with Gasteiger partial charge < -0.3 is 14.8 Å². The summed E-state index contributed by atoms with van der Waals surface area (Å²) in [6.45, 7) is 3.25. The first kappa shape index (κ1) is 12.7. The largest absolute Gasteiger partial charge is 0.486 e. The monoisotopic (exact) mass is 271 g/mol. The number of rotatable bonds is 3. The Morgan fingerprint density at radius 3 is 2.65 bits per heavy atom. The van der Waals surface area contributed by atoms with Crippen molar-refractivity contribution in [2.75, 3.05) is 25.6 Å². The second-order valence-electron chi connectivity index (χ2n) is 4.53. The van der Waals surface area contributed by atoms with E-state index in [0.29, 0.717) is 19.0 Å². The first-order valence-electron chi connectivity index (χ1n) is 6.76. The lowest BCUT2D eigenvalue weighted by Crippen LogP contribution is -2.15. The molecule has 2 aromatic rings. The van der Waals surface area contributed by atoms with Crippen molar-refractivity contribution < 1.29 is 9.47 Å². The predicted molar refractivity (Wildman–Crippen MR) is 77.4 cm³/mol. The molecular formula is C15H17N3O2. The molecule has 1 N–H and O–H groups in total. The van der Waals surface area contributed by atoms with Crippen molar-refractivity contribution in [2.45, 2.75) is 13.3 Å². The minimum absolute atomic E-state index is 0.577. The highest BCUT2D eigenvalue weighted by Gasteiger charge is 2.14. The summed E-state index contributed by atoms with van der Waals surface area (Å²) < 4.78 is 11.1. The molecule has 0 saturated carbocycles. The Kier molecular flexibility index (Phi) is 3.41. The molecule has 1 aromatic carbocycles. The molecule has 1 aromatic heterocycles. The van der Waals surface area contributed by atoms with Crippen LogP contribution in [0.2, 0.25) is 0 Å². The summed E-state index contributed by atoms with van der Waals surface area (Å²) in [7, 11) is 1.86. The zero-order chi connectivity index (χ0) is 13.9. The molecule has 0 radical (unpaired) electrons. The third-order valence-electron chi connectivity index (χ3n) is 3.20. The van der Waals surface area contributed by atoms with Gasteiger partial charge in [0.1, 0.15) is 19.0 Å². The predicted octanol–water partition coefficient (Wildman–Crippen LogP) is 2.52. The number of nitrogens with zero attached hydrogens (tertiary/aromatic N) is 2. The first-order valence-corrected chi connectivity index (χ1v) is 6.76. The molecule has 0 spiro atoms. The highest BCUT2D eigenvalue weighted by Crippen LogP contribution is 2.33. The molecule has 104 valence electrons. The second-order valence-corrected chi connectivity index (χ2v) is 4.53. The first-order chi connectivity index (χ1) is 9.80. The molecule has 3 rings (SSSR count). The zero-order valence-electron chi connectivity index (χ0n) is 11.6. The fourth-order valence-electron chi connectivity index (χ4n) is 2.12. The molecule has 1 aliphatic rings. The average Bonchev–Trinajstić information content (AvgIpc) is 2.53. The topological polar surface area (TPSA) is 56.3 Å². The van der Waals surface area contributed by atoms with Gasteiger partial charge in [0.15, 0.2) is 17.3 Å². The lowest BCUT2D eigenvalue weighted by Gasteiger charge is -2.18. The number of benzene rings is 1. The molecule has 0 fully saturated rings. The van der Waals surface area contributed by atoms with E-state index in [1.165, 1.54) is 0 Å². The van der Waals surface area contributed by atoms with Gasteiger partial charge in [-0.15, -0.1) is 0 Å². The molecule has 0 unspecified atom stereocenters. The van der Waals surface area contributed by atoms with Crippen molar-refractivity contribution in [1.29, 1.82) is 0 Å². The van der Waals surface area contributed by atoms with E-state index in [9.17, 15) is 0 Å². The lowest BCUT2D eigenvalue weighted by atomic mass is 10.1. The Morgan fingerprint density at radius 1 is 1.10 bits per heavy atom. The maximum absolute atomic E-state index is 5.60. The standard InChI is InChI=1S/C15H17N3O2/c1-3-11-9-14(16-2)18-15(17-11)10-4-5-12-13(8-10)20-7-6-19-12/h4-5,8-9H,3,6-7H2,1-2H3,(H,16,17,18). The number of ether oxygens (including phenoxy) is 2. The maximum Gasteiger partial charge on any atom is 0.162 e. The third kappa shape index (κ3) is 2.39. The molecule has 0 bridgehead atoms. The van der Waals surface area contributed by atoms with Crippen LogP contribution in [0.1, 0.15) is 12.6 Å². The number of anilines is 1. The van der Waals surface area contributed by atoms with Gasteiger partial charge in [0.05, 0.1) is 0 Å². The molecule has 0 amide bonds. The van der Waals surface area contributed by atoms with Crippen LogP contribution in [0, 0.1) is 0 Å². The van der Waals surface area contributed by atoms with E-state index in [4.69, 9.17) is 9.47 Å². The number of fused-ring (bicyclic) bond motifs is 1. The summed E-state index contributed by atoms with van der Waals surface area (Å²) in [5.41, 5.74) is 1.94. The van der Waals surface area contributed by atoms with Crippen LogP contribution in [-0.2, 0) is 6.42 Å². The molecule has 5 nitrogen and oxygen atoms in total. The summed E-state index contributed by atoms with van der Waals surface area (Å²) in [6.07, 6.45) is 0.870. The maximum atomic E-state index is 5.60. The van der Waals surface area contributed by atoms with Crippen LogP contribution < -0.4 is 14.8 Å². The number of hydrogen-bond donors (Lipinski definition) is 1. The Hall–Kier alpha value is -2.30. The average molecular weight is 271 g/mol. The van der Waals surface area contributed by atoms with Gasteiger partial charge in [-0.3, -0.25) is 0 Å². The number of hydrogen-bond acceptors (Lipinski definition) is 5. The Bertz CT molecular complexity index is 606. The van der Waals surface area contributed by atoms with Gasteiger partial charge in [-0.1, -0.05) is 6.92 Å². The van der Waals surface area contributed by atoms with Gasteiger partial charge in [0.25, 0.3) is 0 Å². The van der Waals surface area contributed by atoms with Crippen molar-refractivity contribution in [1.82, 2.24) is 9.97 Å². The SMILES string of the molecule is CCc1cc(NC)nc(-c2ccc3c(c2)OCCO3)n1. The van der Waals surface area contributed by atoms with Crippen LogP contribution in [0.3, 0.4) is 0 Å². The minimum Gasteiger partial charge on any atom is -0.486 e. The number of nitrogens with one attached hydrogen (secondary N) is 1. The van der Waals surface area contributed by atoms with Gasteiger partial charge >= 0.3 is 0 Å². The van der Waals surface area contributed by atoms with E-state index < -0.39 is 0 Å². The van der Waals surface area contributed by atoms with E-state index in [0.717, 1.165) is 35.0 Å². The van der Waals surface area contributed by atoms with Gasteiger partial charge in [0.2, 0.25) is 0 Å². The summed E-state index contributed by atoms with van der Waals surface area (Å²) in [6, 6.07) is 7.76. The normalized spacial score (nSPS) is 13.1. The second kappa shape index (κ2) is 5.36. The Morgan fingerprint density at radius 2 is 1.90 bits per heavy atom. The van der Waals surface area contributed by atoms with Crippen LogP contribution >= 0.6 is 0 Å². The van der Waals surface area contributed by atoms with E-state index >= 15 is 0 Å². The van der Waals surface area contributed by atoms with E-state index in [-0.39, 0.29) is 0 Å². The quantitative estimate of drug-likeness (QED) is 0.929. The number of aromatic nitrogens is 2. The van der Waals surface area contributed by atoms with Gasteiger partial charge in [-0.05, 0) is 24.6 Å². The minimum atomic E-state index is 0.577. The molecule has 2 heterocycles. The lowest BCUT2D eigenvalue weighted by molar-refractivity contribution is 0.171. The van der Waals surface area contributed by atoms with Crippen LogP contribution in [-0.4, -0.2) is 30.2 Å². The summed E-state index contributed by atoms with van der Waals surface area (Å²) >= 11 is 0. The van der Waals surface area contributed by atoms with Crippen molar-refractivity contribution in [2.24, 2.45) is 0 Å². The summed E-state index contributed by atoms with van der Waals surface area (Å²) in [4.78, 5) is 9.07. The van der Waals surface area contributed by atoms with E-state index in [2.05, 4.69) is 22.2 Å². The summed E-state index contributed by atoms with van der Waals surface area (Å²) in [5, 5.41) is 3.07. The highest BCUT2D eigenvalue weighted by atomic mass is 16.6. The van der Waals surface area contributed by atoms with Crippen LogP contribution in [0.15, 0.2) is 24.3 Å². The van der Waals surface area contributed by atoms with Crippen molar-refractivity contribution in [3.63, 3.8) is 0 Å². The van der Waals surface area contributed by atoms with Crippen molar-refractivity contribution >= 4 is 5.82 Å². The van der Waals surface area contributed by atoms with E-state index in [1.807, 2.05) is 31.3 Å². The molecule has 1 aliphatic heterocycles. The molecule has 20 heavy (non-hydrogen) atoms. The third-order valence-corrected chi connectivity index (χ3v) is 3.20. The highest BCUT2D eigenvalue weighted by molar-refractivity contribution is 5.63. The van der Waals surface area contributed by atoms with Gasteiger partial charge in [-0.25, -0.2) is 9.97 Å². The van der Waals surface area contributed by atoms with Gasteiger partial charge in [-0.2, -0.15) is 0 Å². The Labute approximate surface area is 118 Å². The van der Waals surface area contributed by atoms with Crippen LogP contribution in [0.4, 0.5) is 5.82 Å². The smallest absolute Gasteiger partial charge is 0.162 e. The molecule has 0 aliphatic carbocycles. The van der Waals surface area contributed by atoms with Crippen molar-refractivity contribution in [3.05, 3.63) is 30.0 Å².